The average Bonchev–Trinajstić information content (AvgIpc) is 2.90. The lowest BCUT2D eigenvalue weighted by molar-refractivity contribution is 0.102. The Bertz CT molecular complexity index is 1660. The van der Waals surface area contributed by atoms with E-state index in [1.165, 1.54) is 61.7 Å². The molecule has 196 valence electrons. The number of hydrogen-bond acceptors (Lipinski definition) is 6. The first-order valence-electron chi connectivity index (χ1n) is 11.0. The van der Waals surface area contributed by atoms with Crippen molar-refractivity contribution in [3.63, 3.8) is 0 Å². The molecule has 0 saturated heterocycles. The Balaban J connectivity index is 1.47. The first kappa shape index (κ1) is 27.0. The molecule has 0 bridgehead atoms. The van der Waals surface area contributed by atoms with E-state index in [4.69, 9.17) is 16.3 Å². The van der Waals surface area contributed by atoms with E-state index < -0.39 is 26.0 Å². The summed E-state index contributed by atoms with van der Waals surface area (Å²) in [7, 11) is -6.23. The fraction of sp³-hybridized carbons (Fsp3) is 0.0385. The Kier molecular flexibility index (Phi) is 7.91. The second kappa shape index (κ2) is 11.1. The minimum Gasteiger partial charge on any atom is -0.497 e. The van der Waals surface area contributed by atoms with Crippen LogP contribution in [0.4, 0.5) is 17.1 Å². The molecule has 9 nitrogen and oxygen atoms in total. The predicted octanol–water partition coefficient (Wildman–Crippen LogP) is 5.20. The van der Waals surface area contributed by atoms with Gasteiger partial charge in [-0.05, 0) is 78.9 Å². The molecular formula is C26H22ClN3O6S2. The van der Waals surface area contributed by atoms with Crippen molar-refractivity contribution in [1.29, 1.82) is 0 Å². The van der Waals surface area contributed by atoms with Crippen molar-refractivity contribution in [2.75, 3.05) is 21.9 Å². The van der Waals surface area contributed by atoms with Crippen LogP contribution >= 0.6 is 11.6 Å². The molecular weight excluding hydrogens is 550 g/mol. The Morgan fingerprint density at radius 1 is 0.684 bits per heavy atom. The zero-order chi connectivity index (χ0) is 27.3. The number of halogens is 1. The van der Waals surface area contributed by atoms with Gasteiger partial charge in [0.1, 0.15) is 5.75 Å². The number of ether oxygens (including phenoxy) is 1. The highest BCUT2D eigenvalue weighted by Gasteiger charge is 2.18. The standard InChI is InChI=1S/C26H22ClN3O6S2/c1-36-21-12-7-19(8-13-21)29-38(34,35)23-14-9-18(10-15-23)28-26(31)24-17-20(11-16-25(24)27)30-37(32,33)22-5-3-2-4-6-22/h2-17,29-30H,1H3,(H,28,31). The second-order valence-electron chi connectivity index (χ2n) is 7.93. The van der Waals surface area contributed by atoms with Crippen molar-refractivity contribution >= 4 is 54.6 Å². The number of carbonyl (C=O) groups excluding carboxylic acids is 1. The van der Waals surface area contributed by atoms with Crippen molar-refractivity contribution in [3.05, 3.63) is 108 Å². The van der Waals surface area contributed by atoms with Crippen molar-refractivity contribution in [2.24, 2.45) is 0 Å². The lowest BCUT2D eigenvalue weighted by Gasteiger charge is -2.12. The highest BCUT2D eigenvalue weighted by atomic mass is 35.5. The summed E-state index contributed by atoms with van der Waals surface area (Å²) in [5.74, 6) is -0.0185. The first-order chi connectivity index (χ1) is 18.1. The van der Waals surface area contributed by atoms with Gasteiger partial charge in [0.15, 0.2) is 0 Å². The number of hydrogen-bond donors (Lipinski definition) is 3. The van der Waals surface area contributed by atoms with Gasteiger partial charge in [-0.2, -0.15) is 0 Å². The van der Waals surface area contributed by atoms with E-state index in [0.29, 0.717) is 17.1 Å². The number of methoxy groups -OCH3 is 1. The summed E-state index contributed by atoms with van der Waals surface area (Å²) >= 11 is 6.19. The van der Waals surface area contributed by atoms with Gasteiger partial charge >= 0.3 is 0 Å². The van der Waals surface area contributed by atoms with Crippen LogP contribution in [0.1, 0.15) is 10.4 Å². The number of carbonyl (C=O) groups is 1. The maximum absolute atomic E-state index is 12.9. The third-order valence-electron chi connectivity index (χ3n) is 5.28. The number of amides is 1. The summed E-state index contributed by atoms with van der Waals surface area (Å²) in [5, 5.41) is 2.74. The Morgan fingerprint density at radius 2 is 1.21 bits per heavy atom. The fourth-order valence-corrected chi connectivity index (χ4v) is 5.70. The van der Waals surface area contributed by atoms with Crippen molar-refractivity contribution < 1.29 is 26.4 Å². The van der Waals surface area contributed by atoms with Gasteiger partial charge in [0.05, 0.1) is 27.5 Å². The number of benzene rings is 4. The van der Waals surface area contributed by atoms with E-state index >= 15 is 0 Å². The maximum atomic E-state index is 12.9. The summed E-state index contributed by atoms with van der Waals surface area (Å²) in [4.78, 5) is 12.9. The van der Waals surface area contributed by atoms with Crippen molar-refractivity contribution in [3.8, 4) is 5.75 Å². The van der Waals surface area contributed by atoms with Crippen LogP contribution < -0.4 is 19.5 Å². The topological polar surface area (TPSA) is 131 Å². The van der Waals surface area contributed by atoms with Gasteiger partial charge in [0, 0.05) is 17.1 Å². The fourth-order valence-electron chi connectivity index (χ4n) is 3.37. The van der Waals surface area contributed by atoms with Crippen molar-refractivity contribution in [2.45, 2.75) is 9.79 Å². The van der Waals surface area contributed by atoms with Crippen LogP contribution in [-0.2, 0) is 20.0 Å². The lowest BCUT2D eigenvalue weighted by Crippen LogP contribution is -2.16. The monoisotopic (exact) mass is 571 g/mol. The zero-order valence-corrected chi connectivity index (χ0v) is 22.3. The molecule has 0 atom stereocenters. The minimum absolute atomic E-state index is 0.0123. The van der Waals surface area contributed by atoms with Gasteiger partial charge in [-0.15, -0.1) is 0 Å². The molecule has 0 heterocycles. The molecule has 0 radical (unpaired) electrons. The van der Waals surface area contributed by atoms with E-state index in [1.807, 2.05) is 0 Å². The van der Waals surface area contributed by atoms with Crippen LogP contribution in [0.5, 0.6) is 5.75 Å². The van der Waals surface area contributed by atoms with E-state index in [9.17, 15) is 21.6 Å². The predicted molar refractivity (Wildman–Crippen MR) is 147 cm³/mol. The number of anilines is 3. The van der Waals surface area contributed by atoms with Crippen LogP contribution in [0.2, 0.25) is 5.02 Å². The number of sulfonamides is 2. The van der Waals surface area contributed by atoms with E-state index in [0.717, 1.165) is 0 Å². The van der Waals surface area contributed by atoms with Gasteiger partial charge in [-0.3, -0.25) is 14.2 Å². The van der Waals surface area contributed by atoms with E-state index in [1.54, 1.807) is 42.5 Å². The summed E-state index contributed by atoms with van der Waals surface area (Å²) in [6.07, 6.45) is 0. The summed E-state index contributed by atoms with van der Waals surface area (Å²) < 4.78 is 60.6. The second-order valence-corrected chi connectivity index (χ2v) is 11.7. The smallest absolute Gasteiger partial charge is 0.261 e. The van der Waals surface area contributed by atoms with Gasteiger partial charge in [0.2, 0.25) is 0 Å². The van der Waals surface area contributed by atoms with Crippen LogP contribution in [0, 0.1) is 0 Å². The minimum atomic E-state index is -3.87. The number of nitrogens with one attached hydrogen (secondary N) is 3. The molecule has 0 aromatic heterocycles. The quantitative estimate of drug-likeness (QED) is 0.253. The molecule has 0 unspecified atom stereocenters. The van der Waals surface area contributed by atoms with E-state index in [2.05, 4.69) is 14.8 Å². The molecule has 0 spiro atoms. The highest BCUT2D eigenvalue weighted by Crippen LogP contribution is 2.25. The largest absolute Gasteiger partial charge is 0.497 e. The molecule has 0 aliphatic rings. The molecule has 0 fully saturated rings. The molecule has 4 aromatic carbocycles. The Morgan fingerprint density at radius 3 is 1.82 bits per heavy atom. The number of rotatable bonds is 9. The van der Waals surface area contributed by atoms with Crippen LogP contribution in [0.25, 0.3) is 0 Å². The highest BCUT2D eigenvalue weighted by molar-refractivity contribution is 7.93. The van der Waals surface area contributed by atoms with Gasteiger partial charge in [-0.1, -0.05) is 29.8 Å². The molecule has 38 heavy (non-hydrogen) atoms. The summed E-state index contributed by atoms with van der Waals surface area (Å²) in [6.45, 7) is 0. The maximum Gasteiger partial charge on any atom is 0.261 e. The van der Waals surface area contributed by atoms with Gasteiger partial charge in [-0.25, -0.2) is 16.8 Å². The Hall–Kier alpha value is -4.06. The molecule has 4 aromatic rings. The molecule has 0 aliphatic heterocycles. The molecule has 3 N–H and O–H groups in total. The molecule has 12 heteroatoms. The molecule has 4 rings (SSSR count). The first-order valence-corrected chi connectivity index (χ1v) is 14.4. The Labute approximate surface area is 225 Å². The van der Waals surface area contributed by atoms with Crippen LogP contribution in [-0.4, -0.2) is 29.9 Å². The average molecular weight is 572 g/mol. The third kappa shape index (κ3) is 6.43. The van der Waals surface area contributed by atoms with Gasteiger partial charge < -0.3 is 10.1 Å². The molecule has 0 saturated carbocycles. The van der Waals surface area contributed by atoms with Crippen LogP contribution in [0.15, 0.2) is 107 Å². The summed E-state index contributed by atoms with van der Waals surface area (Å²) in [5.41, 5.74) is 0.845. The van der Waals surface area contributed by atoms with Gasteiger partial charge in [0.25, 0.3) is 26.0 Å². The van der Waals surface area contributed by atoms with Crippen molar-refractivity contribution in [1.82, 2.24) is 0 Å². The summed E-state index contributed by atoms with van der Waals surface area (Å²) in [6, 6.07) is 23.9. The third-order valence-corrected chi connectivity index (χ3v) is 8.41. The zero-order valence-electron chi connectivity index (χ0n) is 19.9. The van der Waals surface area contributed by atoms with E-state index in [-0.39, 0.29) is 26.1 Å². The molecule has 1 amide bonds. The molecule has 0 aliphatic carbocycles. The van der Waals surface area contributed by atoms with Crippen LogP contribution in [0.3, 0.4) is 0 Å². The lowest BCUT2D eigenvalue weighted by atomic mass is 10.2. The SMILES string of the molecule is COc1ccc(NS(=O)(=O)c2ccc(NC(=O)c3cc(NS(=O)(=O)c4ccccc4)ccc3Cl)cc2)cc1. The normalized spacial score (nSPS) is 11.4.